The molecule has 8 nitrogen and oxygen atoms in total. The molecule has 0 saturated carbocycles. The van der Waals surface area contributed by atoms with Crippen LogP contribution in [-0.4, -0.2) is 49.3 Å². The second-order valence-corrected chi connectivity index (χ2v) is 15.9. The second kappa shape index (κ2) is 39.1. The molecule has 0 saturated heterocycles. The van der Waals surface area contributed by atoms with Gasteiger partial charge < -0.3 is 18.9 Å². The molecule has 0 heterocycles. The first-order valence-electron chi connectivity index (χ1n) is 23.0. The summed E-state index contributed by atoms with van der Waals surface area (Å²) in [4.78, 5) is 49.2. The van der Waals surface area contributed by atoms with E-state index in [-0.39, 0.29) is 55.2 Å². The zero-order chi connectivity index (χ0) is 39.9. The number of ether oxygens (including phenoxy) is 4. The van der Waals surface area contributed by atoms with Gasteiger partial charge in [0.25, 0.3) is 0 Å². The lowest BCUT2D eigenvalue weighted by Crippen LogP contribution is -2.18. The van der Waals surface area contributed by atoms with Crippen molar-refractivity contribution in [3.63, 3.8) is 0 Å². The van der Waals surface area contributed by atoms with Gasteiger partial charge in [-0.05, 0) is 70.6 Å². The van der Waals surface area contributed by atoms with E-state index in [1.54, 1.807) is 0 Å². The molecule has 0 bridgehead atoms. The minimum absolute atomic E-state index is 0.0144. The predicted octanol–water partition coefficient (Wildman–Crippen LogP) is 13.1. The molecule has 0 rings (SSSR count). The molecule has 318 valence electrons. The molecule has 0 aliphatic rings. The van der Waals surface area contributed by atoms with Gasteiger partial charge in [-0.2, -0.15) is 0 Å². The first-order chi connectivity index (χ1) is 26.2. The summed E-state index contributed by atoms with van der Waals surface area (Å²) in [6.45, 7) is 11.1. The van der Waals surface area contributed by atoms with E-state index >= 15 is 0 Å². The van der Waals surface area contributed by atoms with Crippen molar-refractivity contribution in [3.05, 3.63) is 0 Å². The van der Waals surface area contributed by atoms with Crippen molar-refractivity contribution in [2.45, 2.75) is 252 Å². The average Bonchev–Trinajstić information content (AvgIpc) is 3.16. The van der Waals surface area contributed by atoms with Crippen LogP contribution < -0.4 is 0 Å². The quantitative estimate of drug-likeness (QED) is 0.0345. The minimum atomic E-state index is -0.263. The van der Waals surface area contributed by atoms with E-state index in [9.17, 15) is 19.2 Å². The highest BCUT2D eigenvalue weighted by Gasteiger charge is 2.16. The Morgan fingerprint density at radius 3 is 1.07 bits per heavy atom. The lowest BCUT2D eigenvalue weighted by molar-refractivity contribution is -0.151. The highest BCUT2D eigenvalue weighted by Crippen LogP contribution is 2.19. The third kappa shape index (κ3) is 35.6. The number of esters is 4. The Morgan fingerprint density at radius 1 is 0.370 bits per heavy atom. The van der Waals surface area contributed by atoms with Crippen LogP contribution in [0, 0.1) is 5.92 Å². The van der Waals surface area contributed by atoms with Crippen molar-refractivity contribution < 1.29 is 38.1 Å². The topological polar surface area (TPSA) is 105 Å². The Morgan fingerprint density at radius 2 is 0.667 bits per heavy atom. The van der Waals surface area contributed by atoms with Gasteiger partial charge in [0.05, 0.1) is 13.2 Å². The number of carbonyl (C=O) groups is 4. The number of unbranched alkanes of at least 4 members (excludes halogenated alkanes) is 19. The number of carbonyl (C=O) groups excluding carboxylic acids is 4. The molecule has 0 aliphatic heterocycles. The van der Waals surface area contributed by atoms with Crippen LogP contribution >= 0.6 is 0 Å². The van der Waals surface area contributed by atoms with Gasteiger partial charge in [0.15, 0.2) is 0 Å². The summed E-state index contributed by atoms with van der Waals surface area (Å²) < 4.78 is 22.4. The van der Waals surface area contributed by atoms with Crippen molar-refractivity contribution in [2.75, 3.05) is 13.2 Å². The third-order valence-corrected chi connectivity index (χ3v) is 10.3. The highest BCUT2D eigenvalue weighted by molar-refractivity contribution is 5.70. The van der Waals surface area contributed by atoms with E-state index in [1.807, 2.05) is 6.92 Å². The van der Waals surface area contributed by atoms with E-state index in [4.69, 9.17) is 18.9 Å². The Labute approximate surface area is 332 Å². The van der Waals surface area contributed by atoms with Gasteiger partial charge in [0, 0.05) is 31.6 Å². The zero-order valence-electron chi connectivity index (χ0n) is 36.0. The van der Waals surface area contributed by atoms with Crippen LogP contribution in [0.4, 0.5) is 0 Å². The fourth-order valence-electron chi connectivity index (χ4n) is 6.65. The third-order valence-electron chi connectivity index (χ3n) is 10.3. The zero-order valence-corrected chi connectivity index (χ0v) is 36.0. The molecule has 0 radical (unpaired) electrons. The monoisotopic (exact) mass is 767 g/mol. The smallest absolute Gasteiger partial charge is 0.306 e. The summed E-state index contributed by atoms with van der Waals surface area (Å²) in [6.07, 6.45) is 31.8. The van der Waals surface area contributed by atoms with Crippen LogP contribution in [-0.2, 0) is 38.1 Å². The van der Waals surface area contributed by atoms with Gasteiger partial charge in [-0.25, -0.2) is 0 Å². The van der Waals surface area contributed by atoms with Crippen LogP contribution in [0.15, 0.2) is 0 Å². The van der Waals surface area contributed by atoms with Crippen molar-refractivity contribution in [1.82, 2.24) is 0 Å². The Bertz CT molecular complexity index is 890. The normalized spacial score (nSPS) is 12.9. The van der Waals surface area contributed by atoms with Crippen LogP contribution in [0.1, 0.15) is 240 Å². The van der Waals surface area contributed by atoms with E-state index in [0.717, 1.165) is 77.0 Å². The van der Waals surface area contributed by atoms with Gasteiger partial charge >= 0.3 is 23.9 Å². The molecule has 0 spiro atoms. The number of hydrogen-bond donors (Lipinski definition) is 0. The van der Waals surface area contributed by atoms with Gasteiger partial charge in [0.1, 0.15) is 12.2 Å². The van der Waals surface area contributed by atoms with Gasteiger partial charge in [-0.15, -0.1) is 0 Å². The highest BCUT2D eigenvalue weighted by atomic mass is 16.6. The van der Waals surface area contributed by atoms with Gasteiger partial charge in [-0.3, -0.25) is 19.2 Å². The van der Waals surface area contributed by atoms with Gasteiger partial charge in [0.2, 0.25) is 0 Å². The van der Waals surface area contributed by atoms with Crippen molar-refractivity contribution >= 4 is 23.9 Å². The summed E-state index contributed by atoms with van der Waals surface area (Å²) in [5, 5.41) is 0. The maximum Gasteiger partial charge on any atom is 0.306 e. The fourth-order valence-corrected chi connectivity index (χ4v) is 6.65. The van der Waals surface area contributed by atoms with Crippen LogP contribution in [0.5, 0.6) is 0 Å². The maximum absolute atomic E-state index is 12.6. The molecule has 0 amide bonds. The SMILES string of the molecule is CCCCCCCCCC(CC)OC(=O)CCCCCC(=O)OCC(C)COC(=O)CCCCCCC(=O)OC(CCCCCC)CCCCCCCC. The van der Waals surface area contributed by atoms with E-state index < -0.39 is 0 Å². The largest absolute Gasteiger partial charge is 0.465 e. The van der Waals surface area contributed by atoms with Crippen LogP contribution in [0.2, 0.25) is 0 Å². The first kappa shape index (κ1) is 51.9. The van der Waals surface area contributed by atoms with E-state index in [1.165, 1.54) is 89.9 Å². The Balaban J connectivity index is 3.92. The van der Waals surface area contributed by atoms with E-state index in [2.05, 4.69) is 27.7 Å². The lowest BCUT2D eigenvalue weighted by Gasteiger charge is -2.18. The van der Waals surface area contributed by atoms with Crippen molar-refractivity contribution in [1.29, 1.82) is 0 Å². The molecule has 0 aromatic heterocycles. The van der Waals surface area contributed by atoms with Crippen molar-refractivity contribution in [2.24, 2.45) is 5.92 Å². The van der Waals surface area contributed by atoms with Crippen LogP contribution in [0.3, 0.4) is 0 Å². The molecule has 54 heavy (non-hydrogen) atoms. The Kier molecular flexibility index (Phi) is 37.6. The Hall–Kier alpha value is -2.12. The van der Waals surface area contributed by atoms with Crippen LogP contribution in [0.25, 0.3) is 0 Å². The standard InChI is InChI=1S/C46H86O8/c1-6-10-13-16-18-20-25-31-41(9-4)53-45(49)37-30-23-29-35-44(48)52-39-40(5)38-51-43(47)34-27-21-22-28-36-46(50)54-42(32-24-15-12-8-3)33-26-19-17-14-11-7-2/h40-42H,6-39H2,1-5H3. The number of hydrogen-bond acceptors (Lipinski definition) is 8. The molecule has 3 atom stereocenters. The fraction of sp³-hybridized carbons (Fsp3) is 0.913. The van der Waals surface area contributed by atoms with Crippen molar-refractivity contribution in [3.8, 4) is 0 Å². The summed E-state index contributed by atoms with van der Waals surface area (Å²) in [7, 11) is 0. The molecule has 0 aromatic carbocycles. The molecule has 0 aliphatic carbocycles. The predicted molar refractivity (Wildman–Crippen MR) is 221 cm³/mol. The molecular weight excluding hydrogens is 680 g/mol. The summed E-state index contributed by atoms with van der Waals surface area (Å²) in [5.74, 6) is -0.802. The molecule has 0 N–H and O–H groups in total. The molecular formula is C46H86O8. The van der Waals surface area contributed by atoms with Gasteiger partial charge in [-0.1, -0.05) is 144 Å². The molecule has 3 unspecified atom stereocenters. The lowest BCUT2D eigenvalue weighted by atomic mass is 10.0. The summed E-state index contributed by atoms with van der Waals surface area (Å²) >= 11 is 0. The molecule has 0 aromatic rings. The minimum Gasteiger partial charge on any atom is -0.465 e. The summed E-state index contributed by atoms with van der Waals surface area (Å²) in [5.41, 5.74) is 0. The van der Waals surface area contributed by atoms with E-state index in [0.29, 0.717) is 38.5 Å². The average molecular weight is 767 g/mol. The first-order valence-corrected chi connectivity index (χ1v) is 23.0. The molecule has 8 heteroatoms. The number of rotatable bonds is 40. The summed E-state index contributed by atoms with van der Waals surface area (Å²) in [6, 6.07) is 0. The maximum atomic E-state index is 12.6. The second-order valence-electron chi connectivity index (χ2n) is 15.9. The molecule has 0 fully saturated rings.